The van der Waals surface area contributed by atoms with Crippen LogP contribution in [0.15, 0.2) is 34.9 Å². The van der Waals surface area contributed by atoms with Crippen LogP contribution in [0.25, 0.3) is 5.69 Å². The number of hydrogen-bond donors (Lipinski definition) is 1. The summed E-state index contributed by atoms with van der Waals surface area (Å²) in [5.41, 5.74) is 4.04. The number of aromatic nitrogens is 3. The van der Waals surface area contributed by atoms with Crippen LogP contribution < -0.4 is 5.32 Å². The number of carbonyl (C=O) groups excluding carboxylic acids is 1. The van der Waals surface area contributed by atoms with Crippen molar-refractivity contribution in [3.05, 3.63) is 64.6 Å². The Morgan fingerprint density at radius 2 is 1.96 bits per heavy atom. The van der Waals surface area contributed by atoms with Gasteiger partial charge in [-0.3, -0.25) is 4.79 Å². The average molecular weight is 366 g/mol. The number of aryl methyl sites for hydroxylation is 3. The fourth-order valence-electron chi connectivity index (χ4n) is 3.22. The van der Waals surface area contributed by atoms with Gasteiger partial charge >= 0.3 is 0 Å². The second-order valence-electron chi connectivity index (χ2n) is 7.40. The summed E-state index contributed by atoms with van der Waals surface area (Å²) >= 11 is 0. The topological polar surface area (TPSA) is 73.0 Å². The minimum Gasteiger partial charge on any atom is -0.340 e. The quantitative estimate of drug-likeness (QED) is 0.740. The van der Waals surface area contributed by atoms with E-state index in [0.29, 0.717) is 23.7 Å². The molecule has 6 heteroatoms. The largest absolute Gasteiger partial charge is 0.340 e. The van der Waals surface area contributed by atoms with Crippen LogP contribution in [-0.2, 0) is 12.0 Å². The maximum atomic E-state index is 13.0. The standard InChI is InChI=1S/C21H26N4O2/c1-7-18-22-20(24-27-18)21(5,6)23-19(26)17-12-14(3)25(15(17)4)16-10-8-9-13(2)11-16/h8-12H,7H2,1-6H3,(H,23,26). The summed E-state index contributed by atoms with van der Waals surface area (Å²) in [7, 11) is 0. The van der Waals surface area contributed by atoms with Crippen molar-refractivity contribution < 1.29 is 9.32 Å². The molecule has 27 heavy (non-hydrogen) atoms. The summed E-state index contributed by atoms with van der Waals surface area (Å²) < 4.78 is 7.28. The Labute approximate surface area is 159 Å². The molecule has 3 rings (SSSR count). The van der Waals surface area contributed by atoms with Gasteiger partial charge in [0, 0.05) is 23.5 Å². The third kappa shape index (κ3) is 3.65. The first-order valence-corrected chi connectivity index (χ1v) is 9.14. The van der Waals surface area contributed by atoms with E-state index in [9.17, 15) is 4.79 Å². The summed E-state index contributed by atoms with van der Waals surface area (Å²) in [6.07, 6.45) is 0.661. The van der Waals surface area contributed by atoms with Gasteiger partial charge in [-0.2, -0.15) is 4.98 Å². The summed E-state index contributed by atoms with van der Waals surface area (Å²) in [5, 5.41) is 7.04. The maximum Gasteiger partial charge on any atom is 0.253 e. The molecule has 0 unspecified atom stereocenters. The van der Waals surface area contributed by atoms with E-state index in [4.69, 9.17) is 4.52 Å². The van der Waals surface area contributed by atoms with Crippen molar-refractivity contribution in [1.82, 2.24) is 20.0 Å². The Morgan fingerprint density at radius 1 is 1.22 bits per heavy atom. The Balaban J connectivity index is 1.90. The molecule has 6 nitrogen and oxygen atoms in total. The molecule has 2 heterocycles. The van der Waals surface area contributed by atoms with Crippen LogP contribution in [0.5, 0.6) is 0 Å². The molecule has 0 bridgehead atoms. The van der Waals surface area contributed by atoms with Gasteiger partial charge in [-0.15, -0.1) is 0 Å². The van der Waals surface area contributed by atoms with Gasteiger partial charge in [-0.1, -0.05) is 24.2 Å². The lowest BCUT2D eigenvalue weighted by Crippen LogP contribution is -2.42. The van der Waals surface area contributed by atoms with Crippen molar-refractivity contribution in [1.29, 1.82) is 0 Å². The minimum absolute atomic E-state index is 0.158. The Morgan fingerprint density at radius 3 is 2.59 bits per heavy atom. The molecule has 1 aromatic carbocycles. The first kappa shape index (κ1) is 18.9. The number of nitrogens with zero attached hydrogens (tertiary/aromatic N) is 3. The normalized spacial score (nSPS) is 11.6. The summed E-state index contributed by atoms with van der Waals surface area (Å²) in [4.78, 5) is 17.3. The monoisotopic (exact) mass is 366 g/mol. The Kier molecular flexibility index (Phi) is 4.91. The molecule has 0 saturated carbocycles. The second-order valence-corrected chi connectivity index (χ2v) is 7.40. The van der Waals surface area contributed by atoms with E-state index in [-0.39, 0.29) is 5.91 Å². The molecule has 0 aliphatic heterocycles. The molecule has 0 saturated heterocycles. The van der Waals surface area contributed by atoms with Crippen LogP contribution in [0, 0.1) is 20.8 Å². The van der Waals surface area contributed by atoms with Crippen LogP contribution in [0.3, 0.4) is 0 Å². The molecule has 1 N–H and O–H groups in total. The molecule has 2 aromatic heterocycles. The number of nitrogens with one attached hydrogen (secondary N) is 1. The fraction of sp³-hybridized carbons (Fsp3) is 0.381. The Hall–Kier alpha value is -2.89. The lowest BCUT2D eigenvalue weighted by molar-refractivity contribution is 0.0907. The van der Waals surface area contributed by atoms with E-state index in [2.05, 4.69) is 39.1 Å². The van der Waals surface area contributed by atoms with Gasteiger partial charge in [-0.25, -0.2) is 0 Å². The highest BCUT2D eigenvalue weighted by Gasteiger charge is 2.30. The maximum absolute atomic E-state index is 13.0. The van der Waals surface area contributed by atoms with E-state index in [1.807, 2.05) is 52.8 Å². The number of rotatable bonds is 5. The lowest BCUT2D eigenvalue weighted by Gasteiger charge is -2.22. The number of carbonyl (C=O) groups is 1. The van der Waals surface area contributed by atoms with E-state index in [1.54, 1.807) is 0 Å². The number of amides is 1. The predicted octanol–water partition coefficient (Wildman–Crippen LogP) is 4.01. The van der Waals surface area contributed by atoms with Crippen LogP contribution in [0.1, 0.15) is 59.8 Å². The van der Waals surface area contributed by atoms with Gasteiger partial charge in [0.1, 0.15) is 0 Å². The van der Waals surface area contributed by atoms with E-state index >= 15 is 0 Å². The lowest BCUT2D eigenvalue weighted by atomic mass is 10.0. The summed E-state index contributed by atoms with van der Waals surface area (Å²) in [6.45, 7) is 11.7. The van der Waals surface area contributed by atoms with Gasteiger partial charge in [0.2, 0.25) is 5.89 Å². The number of benzene rings is 1. The van der Waals surface area contributed by atoms with Gasteiger partial charge in [0.25, 0.3) is 5.91 Å². The first-order chi connectivity index (χ1) is 12.7. The van der Waals surface area contributed by atoms with Gasteiger partial charge in [-0.05, 0) is 58.4 Å². The van der Waals surface area contributed by atoms with Crippen molar-refractivity contribution in [2.75, 3.05) is 0 Å². The third-order valence-electron chi connectivity index (χ3n) is 4.69. The summed E-state index contributed by atoms with van der Waals surface area (Å²) in [6, 6.07) is 10.1. The smallest absolute Gasteiger partial charge is 0.253 e. The molecular weight excluding hydrogens is 340 g/mol. The van der Waals surface area contributed by atoms with Crippen molar-refractivity contribution in [3.8, 4) is 5.69 Å². The highest BCUT2D eigenvalue weighted by Crippen LogP contribution is 2.23. The zero-order valence-electron chi connectivity index (χ0n) is 16.8. The number of hydrogen-bond acceptors (Lipinski definition) is 4. The molecule has 0 aliphatic carbocycles. The fourth-order valence-corrected chi connectivity index (χ4v) is 3.22. The van der Waals surface area contributed by atoms with Crippen molar-refractivity contribution >= 4 is 5.91 Å². The van der Waals surface area contributed by atoms with E-state index in [1.165, 1.54) is 5.56 Å². The first-order valence-electron chi connectivity index (χ1n) is 9.14. The van der Waals surface area contributed by atoms with Crippen LogP contribution in [0.4, 0.5) is 0 Å². The predicted molar refractivity (Wildman–Crippen MR) is 104 cm³/mol. The molecule has 1 amide bonds. The molecule has 0 spiro atoms. The second kappa shape index (κ2) is 7.02. The molecule has 0 fully saturated rings. The highest BCUT2D eigenvalue weighted by molar-refractivity contribution is 5.96. The van der Waals surface area contributed by atoms with Crippen molar-refractivity contribution in [2.45, 2.75) is 53.5 Å². The molecule has 3 aromatic rings. The molecular formula is C21H26N4O2. The molecule has 0 radical (unpaired) electrons. The zero-order chi connectivity index (χ0) is 19.8. The van der Waals surface area contributed by atoms with Crippen LogP contribution in [0.2, 0.25) is 0 Å². The minimum atomic E-state index is -0.736. The molecule has 0 aliphatic rings. The third-order valence-corrected chi connectivity index (χ3v) is 4.69. The van der Waals surface area contributed by atoms with Crippen LogP contribution in [-0.4, -0.2) is 20.6 Å². The zero-order valence-corrected chi connectivity index (χ0v) is 16.8. The van der Waals surface area contributed by atoms with Crippen molar-refractivity contribution in [3.63, 3.8) is 0 Å². The summed E-state index contributed by atoms with van der Waals surface area (Å²) in [5.74, 6) is 0.875. The van der Waals surface area contributed by atoms with E-state index < -0.39 is 5.54 Å². The van der Waals surface area contributed by atoms with Gasteiger partial charge < -0.3 is 14.4 Å². The highest BCUT2D eigenvalue weighted by atomic mass is 16.5. The van der Waals surface area contributed by atoms with Crippen LogP contribution >= 0.6 is 0 Å². The van der Waals surface area contributed by atoms with Gasteiger partial charge in [0.15, 0.2) is 5.82 Å². The Bertz CT molecular complexity index is 982. The van der Waals surface area contributed by atoms with Crippen molar-refractivity contribution in [2.24, 2.45) is 0 Å². The SMILES string of the molecule is CCc1nc(C(C)(C)NC(=O)c2cc(C)n(-c3cccc(C)c3)c2C)no1. The van der Waals surface area contributed by atoms with E-state index in [0.717, 1.165) is 17.1 Å². The molecule has 0 atom stereocenters. The average Bonchev–Trinajstić information content (AvgIpc) is 3.19. The van der Waals surface area contributed by atoms with Gasteiger partial charge in [0.05, 0.1) is 11.1 Å². The molecule has 142 valence electrons.